The van der Waals surface area contributed by atoms with Crippen molar-refractivity contribution in [2.75, 3.05) is 5.75 Å². The molecule has 0 aliphatic rings. The van der Waals surface area contributed by atoms with E-state index in [2.05, 4.69) is 0 Å². The fourth-order valence-corrected chi connectivity index (χ4v) is 1.45. The summed E-state index contributed by atoms with van der Waals surface area (Å²) in [6.45, 7) is 0. The molecule has 1 aromatic rings. The molecule has 0 radical (unpaired) electrons. The number of aldehydes is 1. The second-order valence-electron chi connectivity index (χ2n) is 2.39. The van der Waals surface area contributed by atoms with Gasteiger partial charge < -0.3 is 0 Å². The lowest BCUT2D eigenvalue weighted by molar-refractivity contribution is 0.112. The van der Waals surface area contributed by atoms with Gasteiger partial charge in [0, 0.05) is 10.5 Å². The quantitative estimate of drug-likeness (QED) is 0.551. The summed E-state index contributed by atoms with van der Waals surface area (Å²) in [5, 5.41) is 0. The first-order valence-corrected chi connectivity index (χ1v) is 4.67. The lowest BCUT2D eigenvalue weighted by Crippen LogP contribution is -1.93. The number of carbonyl (C=O) groups excluding carboxylic acids is 1. The minimum atomic E-state index is -2.30. The normalized spacial score (nSPS) is 10.4. The average Bonchev–Trinajstić information content (AvgIpc) is 2.15. The maximum atomic E-state index is 11.8. The van der Waals surface area contributed by atoms with Crippen molar-refractivity contribution in [1.82, 2.24) is 0 Å². The van der Waals surface area contributed by atoms with Crippen molar-refractivity contribution in [2.24, 2.45) is 0 Å². The van der Waals surface area contributed by atoms with E-state index in [4.69, 9.17) is 0 Å². The zero-order chi connectivity index (χ0) is 9.68. The standard InChI is InChI=1S/C9H8F2OS/c10-9(11)6-13-8-3-1-7(5-12)2-4-8/h1-5,9H,6H2. The summed E-state index contributed by atoms with van der Waals surface area (Å²) in [6.07, 6.45) is -1.57. The SMILES string of the molecule is O=Cc1ccc(SCC(F)F)cc1. The third-order valence-electron chi connectivity index (χ3n) is 1.39. The predicted molar refractivity (Wildman–Crippen MR) is 48.6 cm³/mol. The van der Waals surface area contributed by atoms with Gasteiger partial charge in [-0.2, -0.15) is 0 Å². The Labute approximate surface area is 79.1 Å². The molecule has 1 nitrogen and oxygen atoms in total. The van der Waals surface area contributed by atoms with Crippen LogP contribution in [0.4, 0.5) is 8.78 Å². The molecule has 1 rings (SSSR count). The van der Waals surface area contributed by atoms with Crippen LogP contribution in [-0.4, -0.2) is 18.5 Å². The topological polar surface area (TPSA) is 17.1 Å². The van der Waals surface area contributed by atoms with Gasteiger partial charge in [0.2, 0.25) is 6.43 Å². The van der Waals surface area contributed by atoms with Gasteiger partial charge in [-0.3, -0.25) is 4.79 Å². The summed E-state index contributed by atoms with van der Waals surface area (Å²) in [5.74, 6) is -0.208. The highest BCUT2D eigenvalue weighted by Gasteiger charge is 2.02. The number of rotatable bonds is 4. The molecule has 0 aliphatic carbocycles. The zero-order valence-corrected chi connectivity index (χ0v) is 7.56. The van der Waals surface area contributed by atoms with Crippen LogP contribution in [0, 0.1) is 0 Å². The number of thioether (sulfide) groups is 1. The van der Waals surface area contributed by atoms with Gasteiger partial charge in [0.15, 0.2) is 0 Å². The first-order chi connectivity index (χ1) is 6.22. The molecule has 0 unspecified atom stereocenters. The number of benzene rings is 1. The molecule has 0 heterocycles. The van der Waals surface area contributed by atoms with Crippen LogP contribution < -0.4 is 0 Å². The van der Waals surface area contributed by atoms with Gasteiger partial charge in [-0.15, -0.1) is 11.8 Å². The molecule has 0 atom stereocenters. The molecule has 0 aliphatic heterocycles. The summed E-state index contributed by atoms with van der Waals surface area (Å²) in [5.41, 5.74) is 0.557. The lowest BCUT2D eigenvalue weighted by atomic mass is 10.2. The molecule has 70 valence electrons. The summed E-state index contributed by atoms with van der Waals surface area (Å²) in [6, 6.07) is 6.55. The molecule has 4 heteroatoms. The molecular weight excluding hydrogens is 194 g/mol. The van der Waals surface area contributed by atoms with E-state index in [1.54, 1.807) is 24.3 Å². The van der Waals surface area contributed by atoms with Gasteiger partial charge in [-0.05, 0) is 12.1 Å². The van der Waals surface area contributed by atoms with Crippen molar-refractivity contribution in [3.8, 4) is 0 Å². The molecule has 1 aromatic carbocycles. The number of halogens is 2. The monoisotopic (exact) mass is 202 g/mol. The lowest BCUT2D eigenvalue weighted by Gasteiger charge is -1.99. The minimum absolute atomic E-state index is 0.208. The van der Waals surface area contributed by atoms with Crippen LogP contribution in [0.15, 0.2) is 29.2 Å². The van der Waals surface area contributed by atoms with Crippen molar-refractivity contribution in [1.29, 1.82) is 0 Å². The number of hydrogen-bond acceptors (Lipinski definition) is 2. The molecule has 0 N–H and O–H groups in total. The molecule has 13 heavy (non-hydrogen) atoms. The fourth-order valence-electron chi connectivity index (χ4n) is 0.802. The molecule has 0 fully saturated rings. The Kier molecular flexibility index (Phi) is 3.89. The zero-order valence-electron chi connectivity index (χ0n) is 6.74. The Morgan fingerprint density at radius 1 is 1.31 bits per heavy atom. The van der Waals surface area contributed by atoms with E-state index >= 15 is 0 Å². The largest absolute Gasteiger partial charge is 0.298 e. The van der Waals surface area contributed by atoms with E-state index in [1.807, 2.05) is 0 Å². The van der Waals surface area contributed by atoms with Crippen molar-refractivity contribution in [3.05, 3.63) is 29.8 Å². The van der Waals surface area contributed by atoms with Gasteiger partial charge >= 0.3 is 0 Å². The third kappa shape index (κ3) is 3.55. The molecule has 0 aromatic heterocycles. The maximum absolute atomic E-state index is 11.8. The molecule has 0 spiro atoms. The summed E-state index contributed by atoms with van der Waals surface area (Å²) >= 11 is 1.08. The van der Waals surface area contributed by atoms with Crippen LogP contribution in [0.5, 0.6) is 0 Å². The molecule has 0 bridgehead atoms. The first-order valence-electron chi connectivity index (χ1n) is 3.68. The van der Waals surface area contributed by atoms with Crippen LogP contribution in [-0.2, 0) is 0 Å². The highest BCUT2D eigenvalue weighted by molar-refractivity contribution is 7.99. The van der Waals surface area contributed by atoms with Crippen molar-refractivity contribution >= 4 is 18.0 Å². The third-order valence-corrected chi connectivity index (χ3v) is 2.42. The van der Waals surface area contributed by atoms with E-state index in [0.717, 1.165) is 22.9 Å². The van der Waals surface area contributed by atoms with Crippen molar-refractivity contribution < 1.29 is 13.6 Å². The Morgan fingerprint density at radius 2 is 1.92 bits per heavy atom. The highest BCUT2D eigenvalue weighted by atomic mass is 32.2. The van der Waals surface area contributed by atoms with E-state index in [9.17, 15) is 13.6 Å². The average molecular weight is 202 g/mol. The second-order valence-corrected chi connectivity index (χ2v) is 3.48. The van der Waals surface area contributed by atoms with Crippen LogP contribution in [0.2, 0.25) is 0 Å². The van der Waals surface area contributed by atoms with Gasteiger partial charge in [0.1, 0.15) is 6.29 Å². The first kappa shape index (κ1) is 10.2. The summed E-state index contributed by atoms with van der Waals surface area (Å²) < 4.78 is 23.6. The summed E-state index contributed by atoms with van der Waals surface area (Å²) in [7, 11) is 0. The van der Waals surface area contributed by atoms with Crippen LogP contribution in [0.25, 0.3) is 0 Å². The fraction of sp³-hybridized carbons (Fsp3) is 0.222. The molecule has 0 saturated heterocycles. The highest BCUT2D eigenvalue weighted by Crippen LogP contribution is 2.19. The summed E-state index contributed by atoms with van der Waals surface area (Å²) in [4.78, 5) is 11.0. The van der Waals surface area contributed by atoms with Gasteiger partial charge in [-0.25, -0.2) is 8.78 Å². The predicted octanol–water partition coefficient (Wildman–Crippen LogP) is 2.86. The van der Waals surface area contributed by atoms with E-state index < -0.39 is 6.43 Å². The maximum Gasteiger partial charge on any atom is 0.247 e. The number of carbonyl (C=O) groups is 1. The Balaban J connectivity index is 2.54. The van der Waals surface area contributed by atoms with E-state index in [0.29, 0.717) is 5.56 Å². The second kappa shape index (κ2) is 4.97. The van der Waals surface area contributed by atoms with Gasteiger partial charge in [0.05, 0.1) is 5.75 Å². The number of hydrogen-bond donors (Lipinski definition) is 0. The Bertz CT molecular complexity index is 271. The Hall–Kier alpha value is -0.900. The van der Waals surface area contributed by atoms with Crippen LogP contribution in [0.3, 0.4) is 0 Å². The molecule has 0 saturated carbocycles. The van der Waals surface area contributed by atoms with Crippen LogP contribution in [0.1, 0.15) is 10.4 Å². The minimum Gasteiger partial charge on any atom is -0.298 e. The smallest absolute Gasteiger partial charge is 0.247 e. The van der Waals surface area contributed by atoms with E-state index in [1.165, 1.54) is 0 Å². The molecule has 0 amide bonds. The van der Waals surface area contributed by atoms with Crippen LogP contribution >= 0.6 is 11.8 Å². The molecular formula is C9H8F2OS. The van der Waals surface area contributed by atoms with Crippen molar-refractivity contribution in [2.45, 2.75) is 11.3 Å². The van der Waals surface area contributed by atoms with Gasteiger partial charge in [-0.1, -0.05) is 12.1 Å². The Morgan fingerprint density at radius 3 is 2.38 bits per heavy atom. The van der Waals surface area contributed by atoms with Crippen molar-refractivity contribution in [3.63, 3.8) is 0 Å². The number of alkyl halides is 2. The van der Waals surface area contributed by atoms with Gasteiger partial charge in [0.25, 0.3) is 0 Å². The van der Waals surface area contributed by atoms with E-state index in [-0.39, 0.29) is 5.75 Å².